The SMILES string of the molecule is COCOC/C=C\C(=C(/C)Br)C(F)(F)F. The van der Waals surface area contributed by atoms with Crippen molar-refractivity contribution in [2.24, 2.45) is 0 Å². The van der Waals surface area contributed by atoms with Gasteiger partial charge in [0.1, 0.15) is 6.79 Å². The summed E-state index contributed by atoms with van der Waals surface area (Å²) in [4.78, 5) is 0. The second-order valence-corrected chi connectivity index (χ2v) is 3.81. The second kappa shape index (κ2) is 7.03. The molecule has 0 atom stereocenters. The third kappa shape index (κ3) is 6.70. The number of hydrogen-bond acceptors (Lipinski definition) is 2. The Hall–Kier alpha value is -0.330. The van der Waals surface area contributed by atoms with Crippen LogP contribution in [0.5, 0.6) is 0 Å². The molecule has 0 saturated heterocycles. The van der Waals surface area contributed by atoms with Crippen LogP contribution in [0.1, 0.15) is 6.92 Å². The molecule has 0 unspecified atom stereocenters. The van der Waals surface area contributed by atoms with Crippen LogP contribution in [0.15, 0.2) is 22.2 Å². The Morgan fingerprint density at radius 3 is 2.40 bits per heavy atom. The number of rotatable bonds is 5. The van der Waals surface area contributed by atoms with Crippen molar-refractivity contribution in [3.05, 3.63) is 22.2 Å². The third-order valence-corrected chi connectivity index (χ3v) is 1.80. The summed E-state index contributed by atoms with van der Waals surface area (Å²) in [5.74, 6) is 0. The van der Waals surface area contributed by atoms with E-state index in [9.17, 15) is 13.2 Å². The molecule has 2 nitrogen and oxygen atoms in total. The van der Waals surface area contributed by atoms with Gasteiger partial charge in [-0.05, 0) is 6.92 Å². The van der Waals surface area contributed by atoms with Crippen molar-refractivity contribution in [3.8, 4) is 0 Å². The average molecular weight is 289 g/mol. The predicted molar refractivity (Wildman–Crippen MR) is 54.7 cm³/mol. The van der Waals surface area contributed by atoms with Crippen molar-refractivity contribution in [3.63, 3.8) is 0 Å². The minimum absolute atomic E-state index is 0.0398. The monoisotopic (exact) mass is 288 g/mol. The summed E-state index contributed by atoms with van der Waals surface area (Å²) in [5, 5.41) is 0. The van der Waals surface area contributed by atoms with Gasteiger partial charge in [0.15, 0.2) is 0 Å². The Bertz CT molecular complexity index is 242. The van der Waals surface area contributed by atoms with E-state index in [-0.39, 0.29) is 17.9 Å². The fourth-order valence-corrected chi connectivity index (χ4v) is 1.13. The summed E-state index contributed by atoms with van der Waals surface area (Å²) in [7, 11) is 1.44. The number of halogens is 4. The van der Waals surface area contributed by atoms with Crippen LogP contribution in [0.3, 0.4) is 0 Å². The highest BCUT2D eigenvalue weighted by atomic mass is 79.9. The lowest BCUT2D eigenvalue weighted by Crippen LogP contribution is -2.11. The molecular formula is C9H12BrF3O2. The molecule has 0 spiro atoms. The van der Waals surface area contributed by atoms with Crippen LogP contribution < -0.4 is 0 Å². The summed E-state index contributed by atoms with van der Waals surface area (Å²) < 4.78 is 46.4. The third-order valence-electron chi connectivity index (χ3n) is 1.38. The molecular weight excluding hydrogens is 277 g/mol. The summed E-state index contributed by atoms with van der Waals surface area (Å²) in [5.41, 5.74) is -0.719. The molecule has 0 rings (SSSR count). The largest absolute Gasteiger partial charge is 0.417 e. The molecule has 15 heavy (non-hydrogen) atoms. The van der Waals surface area contributed by atoms with Gasteiger partial charge in [0.25, 0.3) is 0 Å². The molecule has 0 amide bonds. The molecule has 0 saturated carbocycles. The van der Waals surface area contributed by atoms with E-state index in [1.807, 2.05) is 0 Å². The molecule has 0 aromatic rings. The number of ether oxygens (including phenoxy) is 2. The zero-order valence-electron chi connectivity index (χ0n) is 8.40. The molecule has 0 aliphatic heterocycles. The van der Waals surface area contributed by atoms with Crippen LogP contribution >= 0.6 is 15.9 Å². The second-order valence-electron chi connectivity index (χ2n) is 2.62. The molecule has 88 valence electrons. The number of allylic oxidation sites excluding steroid dienone is 3. The van der Waals surface area contributed by atoms with Crippen molar-refractivity contribution in [1.29, 1.82) is 0 Å². The lowest BCUT2D eigenvalue weighted by Gasteiger charge is -2.08. The average Bonchev–Trinajstić information content (AvgIpc) is 2.08. The number of alkyl halides is 3. The molecule has 0 aromatic carbocycles. The first kappa shape index (κ1) is 14.7. The van der Waals surface area contributed by atoms with Gasteiger partial charge in [-0.25, -0.2) is 0 Å². The first-order valence-electron chi connectivity index (χ1n) is 4.06. The molecule has 0 bridgehead atoms. The molecule has 0 aliphatic carbocycles. The minimum Gasteiger partial charge on any atom is -0.359 e. The lowest BCUT2D eigenvalue weighted by atomic mass is 10.2. The van der Waals surface area contributed by atoms with Crippen LogP contribution in [0.4, 0.5) is 13.2 Å². The Morgan fingerprint density at radius 2 is 2.00 bits per heavy atom. The first-order chi connectivity index (χ1) is 6.89. The highest BCUT2D eigenvalue weighted by Gasteiger charge is 2.32. The Morgan fingerprint density at radius 1 is 1.40 bits per heavy atom. The first-order valence-corrected chi connectivity index (χ1v) is 4.85. The quantitative estimate of drug-likeness (QED) is 0.439. The standard InChI is InChI=1S/C9H12BrF3O2/c1-7(10)8(9(11,12)13)4-3-5-15-6-14-2/h3-4H,5-6H2,1-2H3/b4-3-,8-7-. The molecule has 6 heteroatoms. The van der Waals surface area contributed by atoms with Gasteiger partial charge in [0.2, 0.25) is 0 Å². The molecule has 0 aromatic heterocycles. The van der Waals surface area contributed by atoms with Gasteiger partial charge in [-0.2, -0.15) is 13.2 Å². The van der Waals surface area contributed by atoms with Gasteiger partial charge in [0, 0.05) is 11.6 Å². The van der Waals surface area contributed by atoms with Crippen LogP contribution in [0.2, 0.25) is 0 Å². The normalized spacial score (nSPS) is 14.5. The smallest absolute Gasteiger partial charge is 0.359 e. The lowest BCUT2D eigenvalue weighted by molar-refractivity contribution is -0.0885. The topological polar surface area (TPSA) is 18.5 Å². The maximum absolute atomic E-state index is 12.3. The van der Waals surface area contributed by atoms with Crippen LogP contribution in [-0.4, -0.2) is 26.7 Å². The summed E-state index contributed by atoms with van der Waals surface area (Å²) in [6, 6.07) is 0. The van der Waals surface area contributed by atoms with Gasteiger partial charge in [-0.15, -0.1) is 0 Å². The van der Waals surface area contributed by atoms with E-state index in [2.05, 4.69) is 20.7 Å². The highest BCUT2D eigenvalue weighted by Crippen LogP contribution is 2.31. The Kier molecular flexibility index (Phi) is 6.87. The Balaban J connectivity index is 4.28. The van der Waals surface area contributed by atoms with Crippen LogP contribution in [0.25, 0.3) is 0 Å². The van der Waals surface area contributed by atoms with E-state index >= 15 is 0 Å². The van der Waals surface area contributed by atoms with E-state index in [0.29, 0.717) is 0 Å². The van der Waals surface area contributed by atoms with Crippen LogP contribution in [0, 0.1) is 0 Å². The number of methoxy groups -OCH3 is 1. The predicted octanol–water partition coefficient (Wildman–Crippen LogP) is 3.39. The maximum Gasteiger partial charge on any atom is 0.417 e. The number of hydrogen-bond donors (Lipinski definition) is 0. The van der Waals surface area contributed by atoms with Gasteiger partial charge in [-0.1, -0.05) is 28.1 Å². The van der Waals surface area contributed by atoms with Crippen molar-refractivity contribution in [2.45, 2.75) is 13.1 Å². The minimum atomic E-state index is -4.36. The van der Waals surface area contributed by atoms with Crippen molar-refractivity contribution < 1.29 is 22.6 Å². The van der Waals surface area contributed by atoms with Crippen LogP contribution in [-0.2, 0) is 9.47 Å². The zero-order valence-corrected chi connectivity index (χ0v) is 9.98. The summed E-state index contributed by atoms with van der Waals surface area (Å²) >= 11 is 2.80. The summed E-state index contributed by atoms with van der Waals surface area (Å²) in [6.45, 7) is 1.47. The van der Waals surface area contributed by atoms with E-state index in [1.54, 1.807) is 0 Å². The van der Waals surface area contributed by atoms with Gasteiger partial charge < -0.3 is 9.47 Å². The molecule has 0 N–H and O–H groups in total. The van der Waals surface area contributed by atoms with Gasteiger partial charge in [-0.3, -0.25) is 0 Å². The Labute approximate surface area is 94.9 Å². The maximum atomic E-state index is 12.3. The highest BCUT2D eigenvalue weighted by molar-refractivity contribution is 9.11. The molecule has 0 radical (unpaired) electrons. The molecule has 0 heterocycles. The molecule has 0 aliphatic rings. The fourth-order valence-electron chi connectivity index (χ4n) is 0.770. The summed E-state index contributed by atoms with van der Waals surface area (Å²) in [6.07, 6.45) is -2.10. The van der Waals surface area contributed by atoms with E-state index < -0.39 is 11.7 Å². The van der Waals surface area contributed by atoms with E-state index in [1.165, 1.54) is 20.1 Å². The van der Waals surface area contributed by atoms with E-state index in [0.717, 1.165) is 6.08 Å². The van der Waals surface area contributed by atoms with Gasteiger partial charge >= 0.3 is 6.18 Å². The zero-order chi connectivity index (χ0) is 11.9. The van der Waals surface area contributed by atoms with E-state index in [4.69, 9.17) is 4.74 Å². The van der Waals surface area contributed by atoms with Crippen molar-refractivity contribution >= 4 is 15.9 Å². The van der Waals surface area contributed by atoms with Gasteiger partial charge in [0.05, 0.1) is 12.2 Å². The molecule has 0 fully saturated rings. The van der Waals surface area contributed by atoms with Crippen molar-refractivity contribution in [2.75, 3.05) is 20.5 Å². The fraction of sp³-hybridized carbons (Fsp3) is 0.556. The van der Waals surface area contributed by atoms with Crippen molar-refractivity contribution in [1.82, 2.24) is 0 Å².